The number of hydrogen-bond donors (Lipinski definition) is 1. The van der Waals surface area contributed by atoms with Crippen LogP contribution in [0, 0.1) is 11.8 Å². The standard InChI is InChI=1S/C14H17NO2/c1-3-15(4-2)14(17)13-9-7-12(8-10-13)6-5-11-16/h7-10,16H,3-4,11H2,1-2H3. The van der Waals surface area contributed by atoms with Crippen molar-refractivity contribution in [1.82, 2.24) is 4.90 Å². The number of nitrogens with zero attached hydrogens (tertiary/aromatic N) is 1. The summed E-state index contributed by atoms with van der Waals surface area (Å²) in [6.07, 6.45) is 0. The quantitative estimate of drug-likeness (QED) is 0.801. The minimum absolute atomic E-state index is 0.0386. The Hall–Kier alpha value is -1.79. The van der Waals surface area contributed by atoms with Gasteiger partial charge in [-0.05, 0) is 38.1 Å². The van der Waals surface area contributed by atoms with Crippen LogP contribution in [-0.2, 0) is 0 Å². The number of aliphatic hydroxyl groups excluding tert-OH is 1. The molecule has 0 aliphatic rings. The fourth-order valence-corrected chi connectivity index (χ4v) is 1.53. The minimum Gasteiger partial charge on any atom is -0.384 e. The van der Waals surface area contributed by atoms with Crippen molar-refractivity contribution >= 4 is 5.91 Å². The number of amides is 1. The summed E-state index contributed by atoms with van der Waals surface area (Å²) in [6, 6.07) is 7.11. The predicted molar refractivity (Wildman–Crippen MR) is 67.7 cm³/mol. The molecule has 90 valence electrons. The molecule has 3 nitrogen and oxygen atoms in total. The smallest absolute Gasteiger partial charge is 0.253 e. The fraction of sp³-hybridized carbons (Fsp3) is 0.357. The zero-order valence-electron chi connectivity index (χ0n) is 10.2. The number of carbonyl (C=O) groups is 1. The molecule has 1 rings (SSSR count). The Morgan fingerprint density at radius 1 is 1.24 bits per heavy atom. The van der Waals surface area contributed by atoms with Gasteiger partial charge in [0.2, 0.25) is 0 Å². The molecule has 3 heteroatoms. The van der Waals surface area contributed by atoms with Crippen molar-refractivity contribution < 1.29 is 9.90 Å². The van der Waals surface area contributed by atoms with Crippen LogP contribution in [0.25, 0.3) is 0 Å². The van der Waals surface area contributed by atoms with Gasteiger partial charge in [0.1, 0.15) is 6.61 Å². The highest BCUT2D eigenvalue weighted by Crippen LogP contribution is 2.07. The van der Waals surface area contributed by atoms with Gasteiger partial charge >= 0.3 is 0 Å². The summed E-state index contributed by atoms with van der Waals surface area (Å²) in [5.74, 6) is 5.40. The molecule has 0 fully saturated rings. The Balaban J connectivity index is 2.83. The van der Waals surface area contributed by atoms with Gasteiger partial charge in [0.05, 0.1) is 0 Å². The summed E-state index contributed by atoms with van der Waals surface area (Å²) in [5.41, 5.74) is 1.47. The van der Waals surface area contributed by atoms with Crippen LogP contribution in [0.5, 0.6) is 0 Å². The molecule has 0 saturated carbocycles. The zero-order chi connectivity index (χ0) is 12.7. The van der Waals surface area contributed by atoms with Gasteiger partial charge in [-0.3, -0.25) is 4.79 Å². The number of hydrogen-bond acceptors (Lipinski definition) is 2. The van der Waals surface area contributed by atoms with Crippen LogP contribution in [0.3, 0.4) is 0 Å². The molecule has 17 heavy (non-hydrogen) atoms. The summed E-state index contributed by atoms with van der Waals surface area (Å²) < 4.78 is 0. The maximum Gasteiger partial charge on any atom is 0.253 e. The highest BCUT2D eigenvalue weighted by atomic mass is 16.2. The molecule has 1 aromatic rings. The lowest BCUT2D eigenvalue weighted by molar-refractivity contribution is 0.0773. The Kier molecular flexibility index (Phi) is 5.25. The third-order valence-electron chi connectivity index (χ3n) is 2.49. The number of aliphatic hydroxyl groups is 1. The average molecular weight is 231 g/mol. The lowest BCUT2D eigenvalue weighted by Crippen LogP contribution is -2.30. The van der Waals surface area contributed by atoms with E-state index < -0.39 is 0 Å². The van der Waals surface area contributed by atoms with Crippen LogP contribution in [0.2, 0.25) is 0 Å². The molecule has 0 heterocycles. The predicted octanol–water partition coefficient (Wildman–Crippen LogP) is 1.51. The van der Waals surface area contributed by atoms with Crippen LogP contribution in [0.1, 0.15) is 29.8 Å². The molecule has 1 N–H and O–H groups in total. The van der Waals surface area contributed by atoms with E-state index in [1.54, 1.807) is 29.2 Å². The Morgan fingerprint density at radius 2 is 1.82 bits per heavy atom. The third kappa shape index (κ3) is 3.61. The van der Waals surface area contributed by atoms with Crippen molar-refractivity contribution in [2.45, 2.75) is 13.8 Å². The molecule has 0 unspecified atom stereocenters. The van der Waals surface area contributed by atoms with Gasteiger partial charge in [0, 0.05) is 24.2 Å². The van der Waals surface area contributed by atoms with Gasteiger partial charge in [-0.2, -0.15) is 0 Å². The second kappa shape index (κ2) is 6.72. The van der Waals surface area contributed by atoms with E-state index >= 15 is 0 Å². The van der Waals surface area contributed by atoms with Crippen LogP contribution < -0.4 is 0 Å². The summed E-state index contributed by atoms with van der Waals surface area (Å²) in [4.78, 5) is 13.8. The highest BCUT2D eigenvalue weighted by Gasteiger charge is 2.11. The Labute approximate surface area is 102 Å². The van der Waals surface area contributed by atoms with Crippen LogP contribution in [0.15, 0.2) is 24.3 Å². The fourth-order valence-electron chi connectivity index (χ4n) is 1.53. The van der Waals surface area contributed by atoms with E-state index in [0.29, 0.717) is 18.7 Å². The maximum atomic E-state index is 12.0. The second-order valence-electron chi connectivity index (χ2n) is 3.51. The molecule has 0 saturated heterocycles. The topological polar surface area (TPSA) is 40.5 Å². The molecule has 1 aromatic carbocycles. The molecule has 0 aliphatic heterocycles. The van der Waals surface area contributed by atoms with Crippen molar-refractivity contribution in [2.24, 2.45) is 0 Å². The highest BCUT2D eigenvalue weighted by molar-refractivity contribution is 5.94. The van der Waals surface area contributed by atoms with E-state index in [9.17, 15) is 4.79 Å². The molecule has 0 radical (unpaired) electrons. The largest absolute Gasteiger partial charge is 0.384 e. The summed E-state index contributed by atoms with van der Waals surface area (Å²) in [5, 5.41) is 8.57. The van der Waals surface area contributed by atoms with E-state index in [2.05, 4.69) is 11.8 Å². The van der Waals surface area contributed by atoms with Crippen molar-refractivity contribution in [3.8, 4) is 11.8 Å². The van der Waals surface area contributed by atoms with Crippen LogP contribution in [0.4, 0.5) is 0 Å². The SMILES string of the molecule is CCN(CC)C(=O)c1ccc(C#CCO)cc1. The van der Waals surface area contributed by atoms with Gasteiger partial charge in [0.25, 0.3) is 5.91 Å². The maximum absolute atomic E-state index is 12.0. The molecule has 0 spiro atoms. The van der Waals surface area contributed by atoms with Gasteiger partial charge in [-0.25, -0.2) is 0 Å². The lowest BCUT2D eigenvalue weighted by Gasteiger charge is -2.18. The van der Waals surface area contributed by atoms with Crippen molar-refractivity contribution in [1.29, 1.82) is 0 Å². The second-order valence-corrected chi connectivity index (χ2v) is 3.51. The molecular weight excluding hydrogens is 214 g/mol. The van der Waals surface area contributed by atoms with Crippen molar-refractivity contribution in [3.05, 3.63) is 35.4 Å². The minimum atomic E-state index is -0.153. The van der Waals surface area contributed by atoms with E-state index in [1.165, 1.54) is 0 Å². The summed E-state index contributed by atoms with van der Waals surface area (Å²) in [6.45, 7) is 5.19. The van der Waals surface area contributed by atoms with E-state index in [1.807, 2.05) is 13.8 Å². The molecular formula is C14H17NO2. The van der Waals surface area contributed by atoms with E-state index in [4.69, 9.17) is 5.11 Å². The van der Waals surface area contributed by atoms with Crippen molar-refractivity contribution in [2.75, 3.05) is 19.7 Å². The van der Waals surface area contributed by atoms with E-state index in [-0.39, 0.29) is 12.5 Å². The molecule has 1 amide bonds. The first-order valence-corrected chi connectivity index (χ1v) is 5.72. The number of carbonyl (C=O) groups excluding carboxylic acids is 1. The lowest BCUT2D eigenvalue weighted by atomic mass is 10.1. The number of benzene rings is 1. The molecule has 0 aromatic heterocycles. The van der Waals surface area contributed by atoms with Gasteiger partial charge in [-0.1, -0.05) is 11.8 Å². The molecule has 0 bridgehead atoms. The first-order chi connectivity index (χ1) is 8.22. The first kappa shape index (κ1) is 13.3. The van der Waals surface area contributed by atoms with Gasteiger partial charge in [-0.15, -0.1) is 0 Å². The molecule has 0 atom stereocenters. The summed E-state index contributed by atoms with van der Waals surface area (Å²) in [7, 11) is 0. The van der Waals surface area contributed by atoms with Crippen LogP contribution in [-0.4, -0.2) is 35.6 Å². The van der Waals surface area contributed by atoms with E-state index in [0.717, 1.165) is 5.56 Å². The first-order valence-electron chi connectivity index (χ1n) is 5.72. The van der Waals surface area contributed by atoms with Gasteiger partial charge in [0.15, 0.2) is 0 Å². The van der Waals surface area contributed by atoms with Gasteiger partial charge < -0.3 is 10.0 Å². The normalized spacial score (nSPS) is 9.35. The average Bonchev–Trinajstić information content (AvgIpc) is 2.38. The Bertz CT molecular complexity index is 422. The van der Waals surface area contributed by atoms with Crippen molar-refractivity contribution in [3.63, 3.8) is 0 Å². The Morgan fingerprint density at radius 3 is 2.29 bits per heavy atom. The third-order valence-corrected chi connectivity index (χ3v) is 2.49. The van der Waals surface area contributed by atoms with Crippen LogP contribution >= 0.6 is 0 Å². The zero-order valence-corrected chi connectivity index (χ0v) is 10.2. The number of rotatable bonds is 3. The summed E-state index contributed by atoms with van der Waals surface area (Å²) >= 11 is 0. The molecule has 0 aliphatic carbocycles. The monoisotopic (exact) mass is 231 g/mol.